The van der Waals surface area contributed by atoms with E-state index in [1.807, 2.05) is 54.4 Å². The van der Waals surface area contributed by atoms with Crippen molar-refractivity contribution in [1.82, 2.24) is 15.1 Å². The van der Waals surface area contributed by atoms with Crippen LogP contribution in [0.5, 0.6) is 0 Å². The Bertz CT molecular complexity index is 1120. The minimum absolute atomic E-state index is 0. The number of nitrogens with zero attached hydrogens (tertiary/aromatic N) is 4. The van der Waals surface area contributed by atoms with E-state index in [2.05, 4.69) is 25.5 Å². The van der Waals surface area contributed by atoms with Gasteiger partial charge in [0.2, 0.25) is 5.89 Å². The lowest BCUT2D eigenvalue weighted by atomic mass is 9.93. The summed E-state index contributed by atoms with van der Waals surface area (Å²) in [6.07, 6.45) is 6.45. The van der Waals surface area contributed by atoms with Gasteiger partial charge in [-0.15, -0.1) is 10.2 Å². The molecule has 9 heteroatoms. The van der Waals surface area contributed by atoms with E-state index in [1.165, 1.54) is 58.0 Å². The van der Waals surface area contributed by atoms with Gasteiger partial charge < -0.3 is 13.6 Å². The molecule has 1 aliphatic carbocycles. The number of piperidine rings is 1. The Balaban J connectivity index is 0.00000320. The molecular weight excluding hydrogens is 514 g/mol. The fraction of sp³-hybridized carbons (Fsp3) is 0.500. The summed E-state index contributed by atoms with van der Waals surface area (Å²) in [4.78, 5) is 2.72. The van der Waals surface area contributed by atoms with Gasteiger partial charge in [0.25, 0.3) is 5.89 Å². The number of anilines is 1. The average molecular weight is 549 g/mol. The summed E-state index contributed by atoms with van der Waals surface area (Å²) in [5.41, 5.74) is 2.79. The molecule has 1 saturated heterocycles. The SMILES string of the molecule is C.FC(F)c1nnc(-c2ccc(CN(SC3CCN(C4CCCCC4)CC3)c3cccc(Cl)c3)cc2)o1. The minimum Gasteiger partial charge on any atom is -0.415 e. The Morgan fingerprint density at radius 1 is 1.00 bits per heavy atom. The molecule has 2 heterocycles. The number of aromatic nitrogens is 2. The number of hydrogen-bond acceptors (Lipinski definition) is 6. The molecule has 5 rings (SSSR count). The average Bonchev–Trinajstić information content (AvgIpc) is 3.41. The first kappa shape index (κ1) is 27.9. The van der Waals surface area contributed by atoms with Gasteiger partial charge in [-0.2, -0.15) is 8.78 Å². The molecule has 2 aromatic carbocycles. The van der Waals surface area contributed by atoms with E-state index in [-0.39, 0.29) is 13.3 Å². The number of halogens is 3. The van der Waals surface area contributed by atoms with Gasteiger partial charge in [-0.3, -0.25) is 0 Å². The third-order valence-corrected chi connectivity index (χ3v) is 8.69. The van der Waals surface area contributed by atoms with Gasteiger partial charge >= 0.3 is 6.43 Å². The summed E-state index contributed by atoms with van der Waals surface area (Å²) in [5.74, 6) is -0.560. The molecule has 0 bridgehead atoms. The molecule has 3 aromatic rings. The van der Waals surface area contributed by atoms with Crippen molar-refractivity contribution in [2.24, 2.45) is 0 Å². The molecule has 0 atom stereocenters. The lowest BCUT2D eigenvalue weighted by Gasteiger charge is -2.40. The maximum Gasteiger partial charge on any atom is 0.314 e. The highest BCUT2D eigenvalue weighted by Crippen LogP contribution is 2.35. The van der Waals surface area contributed by atoms with E-state index in [9.17, 15) is 8.78 Å². The van der Waals surface area contributed by atoms with Gasteiger partial charge in [-0.1, -0.05) is 56.5 Å². The van der Waals surface area contributed by atoms with Crippen LogP contribution in [0.4, 0.5) is 14.5 Å². The van der Waals surface area contributed by atoms with Crippen LogP contribution < -0.4 is 4.31 Å². The maximum atomic E-state index is 12.8. The molecular formula is C28H35ClF2N4OS. The van der Waals surface area contributed by atoms with Crippen LogP contribution in [-0.4, -0.2) is 39.5 Å². The molecule has 0 spiro atoms. The first-order valence-corrected chi connectivity index (χ1v) is 13.9. The molecule has 0 unspecified atom stereocenters. The number of hydrogen-bond donors (Lipinski definition) is 0. The van der Waals surface area contributed by atoms with Crippen LogP contribution in [-0.2, 0) is 6.54 Å². The summed E-state index contributed by atoms with van der Waals surface area (Å²) in [6.45, 7) is 3.04. The van der Waals surface area contributed by atoms with Gasteiger partial charge in [0.1, 0.15) is 0 Å². The van der Waals surface area contributed by atoms with Crippen LogP contribution in [0.1, 0.15) is 70.3 Å². The molecule has 1 saturated carbocycles. The zero-order valence-corrected chi connectivity index (χ0v) is 21.7. The topological polar surface area (TPSA) is 45.4 Å². The molecule has 37 heavy (non-hydrogen) atoms. The van der Waals surface area contributed by atoms with Crippen molar-refractivity contribution in [2.45, 2.75) is 76.6 Å². The number of benzene rings is 2. The molecule has 1 aliphatic heterocycles. The fourth-order valence-electron chi connectivity index (χ4n) is 5.15. The van der Waals surface area contributed by atoms with Crippen LogP contribution in [0.2, 0.25) is 5.02 Å². The second kappa shape index (κ2) is 13.1. The lowest BCUT2D eigenvalue weighted by Crippen LogP contribution is -2.43. The Morgan fingerprint density at radius 2 is 1.73 bits per heavy atom. The smallest absolute Gasteiger partial charge is 0.314 e. The van der Waals surface area contributed by atoms with Crippen LogP contribution in [0, 0.1) is 0 Å². The predicted octanol–water partition coefficient (Wildman–Crippen LogP) is 8.42. The Hall–Kier alpha value is -2.16. The highest BCUT2D eigenvalue weighted by Gasteiger charge is 2.28. The summed E-state index contributed by atoms with van der Waals surface area (Å²) in [7, 11) is 0. The van der Waals surface area contributed by atoms with Crippen molar-refractivity contribution >= 4 is 29.2 Å². The zero-order valence-electron chi connectivity index (χ0n) is 20.2. The predicted molar refractivity (Wildman–Crippen MR) is 148 cm³/mol. The second-order valence-electron chi connectivity index (χ2n) is 9.59. The van der Waals surface area contributed by atoms with Gasteiger partial charge in [0.05, 0.1) is 6.54 Å². The highest BCUT2D eigenvalue weighted by atomic mass is 35.5. The number of alkyl halides is 2. The monoisotopic (exact) mass is 548 g/mol. The molecule has 2 aliphatic rings. The molecule has 200 valence electrons. The zero-order chi connectivity index (χ0) is 24.9. The minimum atomic E-state index is -2.77. The molecule has 5 nitrogen and oxygen atoms in total. The molecule has 2 fully saturated rings. The number of likely N-dealkylation sites (tertiary alicyclic amines) is 1. The molecule has 1 aromatic heterocycles. The van der Waals surface area contributed by atoms with Crippen molar-refractivity contribution in [3.63, 3.8) is 0 Å². The quantitative estimate of drug-likeness (QED) is 0.263. The Kier molecular flexibility index (Phi) is 9.84. The van der Waals surface area contributed by atoms with Crippen molar-refractivity contribution in [3.8, 4) is 11.5 Å². The van der Waals surface area contributed by atoms with Gasteiger partial charge in [-0.25, -0.2) is 0 Å². The van der Waals surface area contributed by atoms with E-state index in [0.717, 1.165) is 17.3 Å². The van der Waals surface area contributed by atoms with E-state index < -0.39 is 12.3 Å². The lowest BCUT2D eigenvalue weighted by molar-refractivity contribution is 0.116. The summed E-state index contributed by atoms with van der Waals surface area (Å²) in [6, 6.07) is 16.4. The fourth-order valence-corrected chi connectivity index (χ4v) is 6.58. The maximum absolute atomic E-state index is 12.8. The first-order chi connectivity index (χ1) is 17.5. The van der Waals surface area contributed by atoms with E-state index in [1.54, 1.807) is 0 Å². The van der Waals surface area contributed by atoms with Crippen molar-refractivity contribution in [3.05, 3.63) is 65.0 Å². The van der Waals surface area contributed by atoms with Gasteiger partial charge in [0, 0.05) is 27.6 Å². The third-order valence-electron chi connectivity index (χ3n) is 7.09. The molecule has 0 amide bonds. The summed E-state index contributed by atoms with van der Waals surface area (Å²) in [5, 5.41) is 8.42. The highest BCUT2D eigenvalue weighted by molar-refractivity contribution is 8.01. The first-order valence-electron chi connectivity index (χ1n) is 12.7. The standard InChI is InChI=1S/C27H31ClF2N4OS.CH4/c28-21-5-4-8-23(17-21)34(36-24-13-15-33(16-14-24)22-6-2-1-3-7-22)18-19-9-11-20(12-10-19)26-31-32-27(35-26)25(29)30;/h4-5,8-12,17,22,24-25H,1-3,6-7,13-16,18H2;1H4. The third kappa shape index (κ3) is 7.24. The Morgan fingerprint density at radius 3 is 2.38 bits per heavy atom. The Labute approximate surface area is 227 Å². The molecule has 0 N–H and O–H groups in total. The van der Waals surface area contributed by atoms with Crippen LogP contribution in [0.25, 0.3) is 11.5 Å². The van der Waals surface area contributed by atoms with E-state index in [0.29, 0.717) is 22.4 Å². The van der Waals surface area contributed by atoms with Gasteiger partial charge in [0.15, 0.2) is 0 Å². The normalized spacial score (nSPS) is 17.6. The van der Waals surface area contributed by atoms with E-state index in [4.69, 9.17) is 16.0 Å². The van der Waals surface area contributed by atoms with Crippen LogP contribution in [0.3, 0.4) is 0 Å². The summed E-state index contributed by atoms with van der Waals surface area (Å²) < 4.78 is 33.0. The largest absolute Gasteiger partial charge is 0.415 e. The molecule has 0 radical (unpaired) electrons. The van der Waals surface area contributed by atoms with Gasteiger partial charge in [-0.05, 0) is 86.6 Å². The van der Waals surface area contributed by atoms with Crippen LogP contribution >= 0.6 is 23.5 Å². The van der Waals surface area contributed by atoms with Crippen LogP contribution in [0.15, 0.2) is 52.9 Å². The number of rotatable bonds is 8. The summed E-state index contributed by atoms with van der Waals surface area (Å²) >= 11 is 8.24. The van der Waals surface area contributed by atoms with Crippen molar-refractivity contribution in [2.75, 3.05) is 17.4 Å². The van der Waals surface area contributed by atoms with Crippen molar-refractivity contribution in [1.29, 1.82) is 0 Å². The van der Waals surface area contributed by atoms with E-state index >= 15 is 0 Å². The second-order valence-corrected chi connectivity index (χ2v) is 11.3. The van der Waals surface area contributed by atoms with Crippen molar-refractivity contribution < 1.29 is 13.2 Å².